The van der Waals surface area contributed by atoms with Crippen molar-refractivity contribution in [2.45, 2.75) is 11.8 Å². The lowest BCUT2D eigenvalue weighted by atomic mass is 10.2. The van der Waals surface area contributed by atoms with Crippen LogP contribution in [0.15, 0.2) is 45.8 Å². The Labute approximate surface area is 131 Å². The average molecular weight is 376 g/mol. The van der Waals surface area contributed by atoms with E-state index in [1.165, 1.54) is 12.1 Å². The molecule has 0 radical (unpaired) electrons. The molecule has 0 aromatic heterocycles. The standard InChI is InChI=1S/C13H12BrClN2O2S/c1-8-2-4-10(7-13(8)16)20(18,19)17-9-3-5-12(15)11(14)6-9/h2-7,17H,16H2,1H3. The number of aryl methyl sites for hydroxylation is 1. The van der Waals surface area contributed by atoms with Crippen LogP contribution in [0.1, 0.15) is 5.56 Å². The van der Waals surface area contributed by atoms with Crippen LogP contribution < -0.4 is 10.5 Å². The van der Waals surface area contributed by atoms with Crippen LogP contribution in [-0.4, -0.2) is 8.42 Å². The van der Waals surface area contributed by atoms with Gasteiger partial charge in [0.15, 0.2) is 0 Å². The highest BCUT2D eigenvalue weighted by atomic mass is 79.9. The van der Waals surface area contributed by atoms with Gasteiger partial charge in [0.1, 0.15) is 0 Å². The molecule has 0 aliphatic rings. The first-order valence-corrected chi connectivity index (χ1v) is 8.29. The van der Waals surface area contributed by atoms with E-state index in [1.807, 2.05) is 6.92 Å². The molecule has 0 fully saturated rings. The van der Waals surface area contributed by atoms with Crippen LogP contribution in [0, 0.1) is 6.92 Å². The molecule has 0 heterocycles. The summed E-state index contributed by atoms with van der Waals surface area (Å²) < 4.78 is 27.6. The van der Waals surface area contributed by atoms with E-state index in [9.17, 15) is 8.42 Å². The van der Waals surface area contributed by atoms with Crippen molar-refractivity contribution in [1.82, 2.24) is 0 Å². The van der Waals surface area contributed by atoms with Crippen molar-refractivity contribution in [3.05, 3.63) is 51.5 Å². The number of anilines is 2. The Morgan fingerprint density at radius 1 is 1.20 bits per heavy atom. The summed E-state index contributed by atoms with van der Waals surface area (Å²) in [4.78, 5) is 0.117. The Kier molecular flexibility index (Phi) is 4.27. The van der Waals surface area contributed by atoms with Crippen molar-refractivity contribution in [2.75, 3.05) is 10.5 Å². The number of nitrogen functional groups attached to an aromatic ring is 1. The largest absolute Gasteiger partial charge is 0.398 e. The summed E-state index contributed by atoms with van der Waals surface area (Å²) in [5.74, 6) is 0. The molecule has 0 saturated heterocycles. The van der Waals surface area contributed by atoms with E-state index in [0.29, 0.717) is 20.9 Å². The van der Waals surface area contributed by atoms with Gasteiger partial charge < -0.3 is 5.73 Å². The van der Waals surface area contributed by atoms with Gasteiger partial charge in [0.05, 0.1) is 15.6 Å². The van der Waals surface area contributed by atoms with Gasteiger partial charge in [0, 0.05) is 10.2 Å². The fraction of sp³-hybridized carbons (Fsp3) is 0.0769. The van der Waals surface area contributed by atoms with E-state index in [-0.39, 0.29) is 4.90 Å². The zero-order chi connectivity index (χ0) is 14.9. The van der Waals surface area contributed by atoms with Gasteiger partial charge in [-0.2, -0.15) is 0 Å². The third-order valence-corrected chi connectivity index (χ3v) is 5.33. The van der Waals surface area contributed by atoms with Gasteiger partial charge in [0.25, 0.3) is 10.0 Å². The molecule has 2 rings (SSSR count). The minimum atomic E-state index is -3.68. The molecular weight excluding hydrogens is 364 g/mol. The number of rotatable bonds is 3. The third kappa shape index (κ3) is 3.26. The average Bonchev–Trinajstić information content (AvgIpc) is 2.37. The minimum absolute atomic E-state index is 0.117. The molecule has 20 heavy (non-hydrogen) atoms. The molecule has 0 aliphatic carbocycles. The maximum atomic E-state index is 12.2. The Morgan fingerprint density at radius 2 is 1.90 bits per heavy atom. The van der Waals surface area contributed by atoms with Gasteiger partial charge >= 0.3 is 0 Å². The first-order chi connectivity index (χ1) is 9.29. The molecular formula is C13H12BrClN2O2S. The summed E-state index contributed by atoms with van der Waals surface area (Å²) in [6.07, 6.45) is 0. The number of sulfonamides is 1. The molecule has 7 heteroatoms. The van der Waals surface area contributed by atoms with E-state index in [2.05, 4.69) is 20.7 Å². The lowest BCUT2D eigenvalue weighted by Crippen LogP contribution is -2.13. The van der Waals surface area contributed by atoms with Gasteiger partial charge in [-0.1, -0.05) is 17.7 Å². The number of nitrogens with two attached hydrogens (primary N) is 1. The van der Waals surface area contributed by atoms with Crippen molar-refractivity contribution < 1.29 is 8.42 Å². The normalized spacial score (nSPS) is 11.3. The predicted molar refractivity (Wildman–Crippen MR) is 85.6 cm³/mol. The van der Waals surface area contributed by atoms with Crippen molar-refractivity contribution >= 4 is 48.9 Å². The Morgan fingerprint density at radius 3 is 2.50 bits per heavy atom. The Hall–Kier alpha value is -1.24. The van der Waals surface area contributed by atoms with E-state index < -0.39 is 10.0 Å². The minimum Gasteiger partial charge on any atom is -0.398 e. The van der Waals surface area contributed by atoms with Crippen LogP contribution in [0.5, 0.6) is 0 Å². The van der Waals surface area contributed by atoms with Crippen molar-refractivity contribution in [2.24, 2.45) is 0 Å². The first kappa shape index (κ1) is 15.2. The summed E-state index contributed by atoms with van der Waals surface area (Å²) in [6, 6.07) is 9.40. The number of benzene rings is 2. The van der Waals surface area contributed by atoms with Crippen LogP contribution in [0.4, 0.5) is 11.4 Å². The van der Waals surface area contributed by atoms with Crippen molar-refractivity contribution in [1.29, 1.82) is 0 Å². The smallest absolute Gasteiger partial charge is 0.261 e. The van der Waals surface area contributed by atoms with Crippen LogP contribution in [0.25, 0.3) is 0 Å². The van der Waals surface area contributed by atoms with Gasteiger partial charge in [-0.05, 0) is 58.7 Å². The zero-order valence-electron chi connectivity index (χ0n) is 10.5. The summed E-state index contributed by atoms with van der Waals surface area (Å²) in [7, 11) is -3.68. The van der Waals surface area contributed by atoms with E-state index in [0.717, 1.165) is 5.56 Å². The van der Waals surface area contributed by atoms with E-state index in [4.69, 9.17) is 17.3 Å². The molecule has 0 saturated carbocycles. The second-order valence-corrected chi connectivity index (χ2v) is 7.20. The number of hydrogen-bond donors (Lipinski definition) is 2. The molecule has 2 aromatic rings. The monoisotopic (exact) mass is 374 g/mol. The molecule has 0 amide bonds. The maximum absolute atomic E-state index is 12.2. The van der Waals surface area contributed by atoms with Crippen molar-refractivity contribution in [3.63, 3.8) is 0 Å². The zero-order valence-corrected chi connectivity index (χ0v) is 13.7. The number of nitrogens with one attached hydrogen (secondary N) is 1. The number of hydrogen-bond acceptors (Lipinski definition) is 3. The SMILES string of the molecule is Cc1ccc(S(=O)(=O)Nc2ccc(Cl)c(Br)c2)cc1N. The second kappa shape index (κ2) is 5.63. The highest BCUT2D eigenvalue weighted by Gasteiger charge is 2.15. The summed E-state index contributed by atoms with van der Waals surface area (Å²) in [5.41, 5.74) is 7.42. The molecule has 4 nitrogen and oxygen atoms in total. The predicted octanol–water partition coefficient (Wildman–Crippen LogP) is 3.79. The highest BCUT2D eigenvalue weighted by Crippen LogP contribution is 2.27. The highest BCUT2D eigenvalue weighted by molar-refractivity contribution is 9.10. The molecule has 0 atom stereocenters. The number of halogens is 2. The Bertz CT molecular complexity index is 763. The van der Waals surface area contributed by atoms with Crippen LogP contribution >= 0.6 is 27.5 Å². The molecule has 106 valence electrons. The third-order valence-electron chi connectivity index (χ3n) is 2.73. The molecule has 0 aliphatic heterocycles. The topological polar surface area (TPSA) is 72.2 Å². The molecule has 0 spiro atoms. The molecule has 3 N–H and O–H groups in total. The van der Waals surface area contributed by atoms with E-state index in [1.54, 1.807) is 24.3 Å². The second-order valence-electron chi connectivity index (χ2n) is 4.25. The van der Waals surface area contributed by atoms with Gasteiger partial charge in [-0.25, -0.2) is 8.42 Å². The van der Waals surface area contributed by atoms with E-state index >= 15 is 0 Å². The quantitative estimate of drug-likeness (QED) is 0.802. The fourth-order valence-electron chi connectivity index (χ4n) is 1.56. The molecule has 2 aromatic carbocycles. The fourth-order valence-corrected chi connectivity index (χ4v) is 3.14. The summed E-state index contributed by atoms with van der Waals surface area (Å²) in [6.45, 7) is 1.81. The van der Waals surface area contributed by atoms with Gasteiger partial charge in [-0.15, -0.1) is 0 Å². The van der Waals surface area contributed by atoms with Gasteiger partial charge in [0.2, 0.25) is 0 Å². The summed E-state index contributed by atoms with van der Waals surface area (Å²) >= 11 is 9.11. The van der Waals surface area contributed by atoms with Crippen molar-refractivity contribution in [3.8, 4) is 0 Å². The Balaban J connectivity index is 2.35. The van der Waals surface area contributed by atoms with Crippen LogP contribution in [0.2, 0.25) is 5.02 Å². The molecule has 0 bridgehead atoms. The maximum Gasteiger partial charge on any atom is 0.261 e. The lowest BCUT2D eigenvalue weighted by Gasteiger charge is -2.10. The van der Waals surface area contributed by atoms with Crippen LogP contribution in [-0.2, 0) is 10.0 Å². The van der Waals surface area contributed by atoms with Gasteiger partial charge in [-0.3, -0.25) is 4.72 Å². The molecule has 0 unspecified atom stereocenters. The lowest BCUT2D eigenvalue weighted by molar-refractivity contribution is 0.601. The first-order valence-electron chi connectivity index (χ1n) is 5.63. The van der Waals surface area contributed by atoms with Crippen LogP contribution in [0.3, 0.4) is 0 Å². The summed E-state index contributed by atoms with van der Waals surface area (Å²) in [5, 5.41) is 0.507.